The molecule has 1 heterocycles. The number of rotatable bonds is 4. The van der Waals surface area contributed by atoms with Gasteiger partial charge in [-0.3, -0.25) is 4.90 Å². The third-order valence-corrected chi connectivity index (χ3v) is 3.33. The summed E-state index contributed by atoms with van der Waals surface area (Å²) in [6.45, 7) is 3.20. The van der Waals surface area contributed by atoms with E-state index in [0.717, 1.165) is 19.6 Å². The van der Waals surface area contributed by atoms with Crippen LogP contribution >= 0.6 is 11.6 Å². The highest BCUT2D eigenvalue weighted by molar-refractivity contribution is 6.18. The van der Waals surface area contributed by atoms with Crippen LogP contribution in [-0.4, -0.2) is 47.8 Å². The highest BCUT2D eigenvalue weighted by Gasteiger charge is 2.26. The van der Waals surface area contributed by atoms with Gasteiger partial charge in [-0.05, 0) is 5.56 Å². The Morgan fingerprint density at radius 1 is 1.41 bits per heavy atom. The molecule has 0 amide bonds. The summed E-state index contributed by atoms with van der Waals surface area (Å²) in [5.74, 6) is 0.226. The minimum absolute atomic E-state index is 0.162. The second-order valence-electron chi connectivity index (χ2n) is 4.35. The number of aliphatic hydroxyl groups is 1. The summed E-state index contributed by atoms with van der Waals surface area (Å²) in [5, 5.41) is 9.68. The molecule has 0 spiro atoms. The zero-order valence-electron chi connectivity index (χ0n) is 9.76. The van der Waals surface area contributed by atoms with Crippen molar-refractivity contribution in [2.24, 2.45) is 0 Å². The molecule has 1 aromatic carbocycles. The first-order chi connectivity index (χ1) is 8.29. The first kappa shape index (κ1) is 12.8. The number of ether oxygens (including phenoxy) is 1. The van der Waals surface area contributed by atoms with Gasteiger partial charge >= 0.3 is 0 Å². The Hall–Kier alpha value is -0.610. The molecule has 4 heteroatoms. The van der Waals surface area contributed by atoms with Crippen molar-refractivity contribution in [3.63, 3.8) is 0 Å². The summed E-state index contributed by atoms with van der Waals surface area (Å²) >= 11 is 5.64. The molecule has 0 aromatic heterocycles. The minimum Gasteiger partial charge on any atom is -0.389 e. The number of hydrogen-bond acceptors (Lipinski definition) is 3. The standard InChI is InChI=1S/C13H18ClNO2/c14-8-12(16)13-10-15(6-7-17-13)9-11-4-2-1-3-5-11/h1-5,12-13,16H,6-10H2. The number of morpholine rings is 1. The summed E-state index contributed by atoms with van der Waals surface area (Å²) < 4.78 is 5.52. The Bertz CT molecular complexity index is 333. The van der Waals surface area contributed by atoms with Gasteiger partial charge in [-0.15, -0.1) is 11.6 Å². The third-order valence-electron chi connectivity index (χ3n) is 3.01. The molecule has 1 fully saturated rings. The molecular weight excluding hydrogens is 238 g/mol. The fourth-order valence-electron chi connectivity index (χ4n) is 2.05. The minimum atomic E-state index is -0.574. The highest BCUT2D eigenvalue weighted by atomic mass is 35.5. The number of hydrogen-bond donors (Lipinski definition) is 1. The second kappa shape index (κ2) is 6.36. The lowest BCUT2D eigenvalue weighted by atomic mass is 10.1. The van der Waals surface area contributed by atoms with Gasteiger partial charge in [0, 0.05) is 19.6 Å². The molecule has 2 atom stereocenters. The van der Waals surface area contributed by atoms with Gasteiger partial charge in [-0.1, -0.05) is 30.3 Å². The molecule has 1 aliphatic heterocycles. The SMILES string of the molecule is OC(CCl)C1CN(Cc2ccccc2)CCO1. The molecule has 0 aliphatic carbocycles. The van der Waals surface area contributed by atoms with Crippen LogP contribution in [0.3, 0.4) is 0 Å². The molecule has 0 saturated carbocycles. The van der Waals surface area contributed by atoms with Crippen LogP contribution < -0.4 is 0 Å². The van der Waals surface area contributed by atoms with Gasteiger partial charge in [0.05, 0.1) is 24.7 Å². The van der Waals surface area contributed by atoms with Gasteiger partial charge in [0.25, 0.3) is 0 Å². The zero-order valence-corrected chi connectivity index (χ0v) is 10.5. The molecule has 94 valence electrons. The highest BCUT2D eigenvalue weighted by Crippen LogP contribution is 2.13. The van der Waals surface area contributed by atoms with Crippen molar-refractivity contribution in [1.29, 1.82) is 0 Å². The van der Waals surface area contributed by atoms with Crippen LogP contribution in [0.1, 0.15) is 5.56 Å². The Morgan fingerprint density at radius 3 is 2.88 bits per heavy atom. The van der Waals surface area contributed by atoms with Crippen molar-refractivity contribution < 1.29 is 9.84 Å². The lowest BCUT2D eigenvalue weighted by Crippen LogP contribution is -2.47. The van der Waals surface area contributed by atoms with Crippen molar-refractivity contribution in [3.05, 3.63) is 35.9 Å². The van der Waals surface area contributed by atoms with E-state index in [1.807, 2.05) is 18.2 Å². The van der Waals surface area contributed by atoms with E-state index in [9.17, 15) is 5.11 Å². The largest absolute Gasteiger partial charge is 0.389 e. The van der Waals surface area contributed by atoms with Gasteiger partial charge < -0.3 is 9.84 Å². The number of nitrogens with zero attached hydrogens (tertiary/aromatic N) is 1. The smallest absolute Gasteiger partial charge is 0.0972 e. The van der Waals surface area contributed by atoms with E-state index in [1.165, 1.54) is 5.56 Å². The molecular formula is C13H18ClNO2. The molecule has 1 aliphatic rings. The molecule has 17 heavy (non-hydrogen) atoms. The number of alkyl halides is 1. The predicted octanol–water partition coefficient (Wildman–Crippen LogP) is 1.49. The van der Waals surface area contributed by atoms with Crippen molar-refractivity contribution >= 4 is 11.6 Å². The Kier molecular flexibility index (Phi) is 4.80. The summed E-state index contributed by atoms with van der Waals surface area (Å²) in [7, 11) is 0. The first-order valence-electron chi connectivity index (χ1n) is 5.91. The summed E-state index contributed by atoms with van der Waals surface area (Å²) in [6, 6.07) is 10.3. The number of aliphatic hydroxyl groups excluding tert-OH is 1. The molecule has 2 rings (SSSR count). The average molecular weight is 256 g/mol. The Morgan fingerprint density at radius 2 is 2.18 bits per heavy atom. The average Bonchev–Trinajstić information content (AvgIpc) is 2.39. The first-order valence-corrected chi connectivity index (χ1v) is 6.45. The third kappa shape index (κ3) is 3.68. The molecule has 0 radical (unpaired) electrons. The molecule has 1 aromatic rings. The normalized spacial score (nSPS) is 23.5. The second-order valence-corrected chi connectivity index (χ2v) is 4.66. The summed E-state index contributed by atoms with van der Waals surface area (Å²) in [5.41, 5.74) is 1.29. The van der Waals surface area contributed by atoms with Gasteiger partial charge in [-0.25, -0.2) is 0 Å². The van der Waals surface area contributed by atoms with E-state index in [2.05, 4.69) is 17.0 Å². The lowest BCUT2D eigenvalue weighted by molar-refractivity contribution is -0.0834. The molecule has 1 saturated heterocycles. The van der Waals surface area contributed by atoms with Crippen LogP contribution in [0.5, 0.6) is 0 Å². The van der Waals surface area contributed by atoms with E-state index in [4.69, 9.17) is 16.3 Å². The van der Waals surface area contributed by atoms with Gasteiger partial charge in [0.1, 0.15) is 0 Å². The van der Waals surface area contributed by atoms with Crippen molar-refractivity contribution in [2.75, 3.05) is 25.6 Å². The van der Waals surface area contributed by atoms with Crippen molar-refractivity contribution in [1.82, 2.24) is 4.90 Å². The van der Waals surface area contributed by atoms with E-state index < -0.39 is 6.10 Å². The maximum atomic E-state index is 9.68. The zero-order chi connectivity index (χ0) is 12.1. The van der Waals surface area contributed by atoms with Gasteiger partial charge in [0.2, 0.25) is 0 Å². The Labute approximate surface area is 107 Å². The molecule has 2 unspecified atom stereocenters. The van der Waals surface area contributed by atoms with Crippen molar-refractivity contribution in [3.8, 4) is 0 Å². The monoisotopic (exact) mass is 255 g/mol. The van der Waals surface area contributed by atoms with Gasteiger partial charge in [-0.2, -0.15) is 0 Å². The summed E-state index contributed by atoms with van der Waals surface area (Å²) in [6.07, 6.45) is -0.736. The van der Waals surface area contributed by atoms with Gasteiger partial charge in [0.15, 0.2) is 0 Å². The number of benzene rings is 1. The topological polar surface area (TPSA) is 32.7 Å². The van der Waals surface area contributed by atoms with E-state index in [0.29, 0.717) is 6.61 Å². The molecule has 3 nitrogen and oxygen atoms in total. The quantitative estimate of drug-likeness (QED) is 0.828. The van der Waals surface area contributed by atoms with Crippen LogP contribution in [0, 0.1) is 0 Å². The van der Waals surface area contributed by atoms with E-state index in [1.54, 1.807) is 0 Å². The molecule has 1 N–H and O–H groups in total. The predicted molar refractivity (Wildman–Crippen MR) is 68.2 cm³/mol. The lowest BCUT2D eigenvalue weighted by Gasteiger charge is -2.34. The maximum Gasteiger partial charge on any atom is 0.0972 e. The van der Waals surface area contributed by atoms with Crippen LogP contribution in [0.2, 0.25) is 0 Å². The van der Waals surface area contributed by atoms with E-state index >= 15 is 0 Å². The van der Waals surface area contributed by atoms with E-state index in [-0.39, 0.29) is 12.0 Å². The van der Waals surface area contributed by atoms with Crippen LogP contribution in [0.15, 0.2) is 30.3 Å². The Balaban J connectivity index is 1.89. The van der Waals surface area contributed by atoms with Crippen LogP contribution in [-0.2, 0) is 11.3 Å². The molecule has 0 bridgehead atoms. The van der Waals surface area contributed by atoms with Crippen LogP contribution in [0.25, 0.3) is 0 Å². The fraction of sp³-hybridized carbons (Fsp3) is 0.538. The van der Waals surface area contributed by atoms with Crippen molar-refractivity contribution in [2.45, 2.75) is 18.8 Å². The number of halogens is 1. The van der Waals surface area contributed by atoms with Crippen LogP contribution in [0.4, 0.5) is 0 Å². The fourth-order valence-corrected chi connectivity index (χ4v) is 2.25. The maximum absolute atomic E-state index is 9.68. The summed E-state index contributed by atoms with van der Waals surface area (Å²) in [4.78, 5) is 2.29.